The predicted molar refractivity (Wildman–Crippen MR) is 116 cm³/mol. The molecule has 3 rings (SSSR count). The zero-order valence-corrected chi connectivity index (χ0v) is 17.7. The molecule has 0 unspecified atom stereocenters. The molecule has 1 aliphatic rings. The lowest BCUT2D eigenvalue weighted by atomic mass is 10.1. The third-order valence-electron chi connectivity index (χ3n) is 5.36. The molecular formula is C23H31N5O2. The zero-order chi connectivity index (χ0) is 21.2. The standard InChI is InChI=1S/C23H31N5O2/c1-19-17-26-21(18-25-19)23(30)28(14-9-20-7-3-2-4-8-20)15-10-22(29)24-11-16-27-12-5-6-13-27/h2-4,7-8,17-18H,5-6,9-16H2,1H3,(H,24,29). The van der Waals surface area contributed by atoms with E-state index in [0.717, 1.165) is 37.3 Å². The summed E-state index contributed by atoms with van der Waals surface area (Å²) >= 11 is 0. The fraction of sp³-hybridized carbons (Fsp3) is 0.478. The third kappa shape index (κ3) is 6.91. The second kappa shape index (κ2) is 11.4. The second-order valence-corrected chi connectivity index (χ2v) is 7.72. The van der Waals surface area contributed by atoms with Crippen LogP contribution in [0.1, 0.15) is 41.0 Å². The van der Waals surface area contributed by atoms with Crippen molar-refractivity contribution < 1.29 is 9.59 Å². The number of carbonyl (C=O) groups excluding carboxylic acids is 2. The summed E-state index contributed by atoms with van der Waals surface area (Å²) in [5, 5.41) is 2.98. The van der Waals surface area contributed by atoms with Gasteiger partial charge < -0.3 is 15.1 Å². The minimum absolute atomic E-state index is 0.0262. The highest BCUT2D eigenvalue weighted by atomic mass is 16.2. The number of likely N-dealkylation sites (tertiary alicyclic amines) is 1. The van der Waals surface area contributed by atoms with Crippen molar-refractivity contribution >= 4 is 11.8 Å². The smallest absolute Gasteiger partial charge is 0.274 e. The lowest BCUT2D eigenvalue weighted by Gasteiger charge is -2.22. The Morgan fingerprint density at radius 2 is 1.83 bits per heavy atom. The highest BCUT2D eigenvalue weighted by molar-refractivity contribution is 5.92. The molecule has 0 atom stereocenters. The summed E-state index contributed by atoms with van der Waals surface area (Å²) in [4.78, 5) is 37.7. The van der Waals surface area contributed by atoms with Gasteiger partial charge in [0, 0.05) is 38.8 Å². The van der Waals surface area contributed by atoms with Gasteiger partial charge in [0.15, 0.2) is 0 Å². The van der Waals surface area contributed by atoms with E-state index in [1.165, 1.54) is 19.0 Å². The topological polar surface area (TPSA) is 78.4 Å². The first-order valence-electron chi connectivity index (χ1n) is 10.7. The molecule has 7 heteroatoms. The van der Waals surface area contributed by atoms with Crippen molar-refractivity contribution in [1.29, 1.82) is 0 Å². The van der Waals surface area contributed by atoms with E-state index in [-0.39, 0.29) is 18.2 Å². The summed E-state index contributed by atoms with van der Waals surface area (Å²) in [6, 6.07) is 10.0. The van der Waals surface area contributed by atoms with Crippen LogP contribution in [-0.2, 0) is 11.2 Å². The lowest BCUT2D eigenvalue weighted by Crippen LogP contribution is -2.38. The molecule has 1 N–H and O–H groups in total. The monoisotopic (exact) mass is 409 g/mol. The van der Waals surface area contributed by atoms with Crippen LogP contribution in [0.4, 0.5) is 0 Å². The van der Waals surface area contributed by atoms with Gasteiger partial charge in [0.05, 0.1) is 11.9 Å². The average molecular weight is 410 g/mol. The number of benzene rings is 1. The third-order valence-corrected chi connectivity index (χ3v) is 5.36. The Morgan fingerprint density at radius 3 is 2.53 bits per heavy atom. The van der Waals surface area contributed by atoms with Gasteiger partial charge in [-0.1, -0.05) is 30.3 Å². The van der Waals surface area contributed by atoms with Crippen LogP contribution in [0.15, 0.2) is 42.7 Å². The number of hydrogen-bond donors (Lipinski definition) is 1. The molecule has 2 heterocycles. The molecule has 2 amide bonds. The molecule has 1 aromatic heterocycles. The highest BCUT2D eigenvalue weighted by Crippen LogP contribution is 2.08. The summed E-state index contributed by atoms with van der Waals surface area (Å²) in [5.41, 5.74) is 2.23. The first kappa shape index (κ1) is 21.9. The van der Waals surface area contributed by atoms with Crippen molar-refractivity contribution in [3.8, 4) is 0 Å². The zero-order valence-electron chi connectivity index (χ0n) is 17.7. The van der Waals surface area contributed by atoms with Crippen LogP contribution in [0.25, 0.3) is 0 Å². The number of hydrogen-bond acceptors (Lipinski definition) is 5. The van der Waals surface area contributed by atoms with Gasteiger partial charge in [0.25, 0.3) is 5.91 Å². The molecule has 7 nitrogen and oxygen atoms in total. The van der Waals surface area contributed by atoms with E-state index in [4.69, 9.17) is 0 Å². The fourth-order valence-electron chi connectivity index (χ4n) is 3.57. The van der Waals surface area contributed by atoms with Crippen molar-refractivity contribution in [3.05, 3.63) is 59.7 Å². The van der Waals surface area contributed by atoms with Crippen LogP contribution in [0.3, 0.4) is 0 Å². The van der Waals surface area contributed by atoms with Crippen molar-refractivity contribution in [2.75, 3.05) is 39.3 Å². The van der Waals surface area contributed by atoms with Crippen molar-refractivity contribution in [2.45, 2.75) is 32.6 Å². The number of amides is 2. The normalized spacial score (nSPS) is 13.9. The first-order valence-corrected chi connectivity index (χ1v) is 10.7. The van der Waals surface area contributed by atoms with Crippen LogP contribution in [0.2, 0.25) is 0 Å². The van der Waals surface area contributed by atoms with E-state index in [0.29, 0.717) is 25.3 Å². The van der Waals surface area contributed by atoms with E-state index in [2.05, 4.69) is 20.2 Å². The highest BCUT2D eigenvalue weighted by Gasteiger charge is 2.19. The second-order valence-electron chi connectivity index (χ2n) is 7.72. The molecule has 2 aromatic rings. The number of nitrogens with zero attached hydrogens (tertiary/aromatic N) is 4. The summed E-state index contributed by atoms with van der Waals surface area (Å²) in [6.45, 7) is 6.50. The first-order chi connectivity index (χ1) is 14.6. The largest absolute Gasteiger partial charge is 0.355 e. The Hall–Kier alpha value is -2.80. The Kier molecular flexibility index (Phi) is 8.32. The van der Waals surface area contributed by atoms with Crippen LogP contribution >= 0.6 is 0 Å². The average Bonchev–Trinajstić information content (AvgIpc) is 3.28. The van der Waals surface area contributed by atoms with Gasteiger partial charge in [-0.3, -0.25) is 14.6 Å². The minimum atomic E-state index is -0.191. The molecule has 1 fully saturated rings. The minimum Gasteiger partial charge on any atom is -0.355 e. The molecule has 1 aromatic carbocycles. The molecule has 1 saturated heterocycles. The van der Waals surface area contributed by atoms with Gasteiger partial charge in [-0.05, 0) is 44.8 Å². The van der Waals surface area contributed by atoms with Crippen LogP contribution in [0, 0.1) is 6.92 Å². The van der Waals surface area contributed by atoms with E-state index in [1.807, 2.05) is 37.3 Å². The van der Waals surface area contributed by atoms with Crippen LogP contribution in [0.5, 0.6) is 0 Å². The van der Waals surface area contributed by atoms with Gasteiger partial charge >= 0.3 is 0 Å². The van der Waals surface area contributed by atoms with E-state index >= 15 is 0 Å². The molecule has 1 aliphatic heterocycles. The lowest BCUT2D eigenvalue weighted by molar-refractivity contribution is -0.121. The summed E-state index contributed by atoms with van der Waals surface area (Å²) in [5.74, 6) is -0.218. The number of nitrogens with one attached hydrogen (secondary N) is 1. The maximum atomic E-state index is 13.0. The molecule has 160 valence electrons. The number of carbonyl (C=O) groups is 2. The van der Waals surface area contributed by atoms with Gasteiger partial charge in [-0.25, -0.2) is 4.98 Å². The van der Waals surface area contributed by atoms with E-state index in [9.17, 15) is 9.59 Å². The SMILES string of the molecule is Cc1cnc(C(=O)N(CCC(=O)NCCN2CCCC2)CCc2ccccc2)cn1. The van der Waals surface area contributed by atoms with Gasteiger partial charge in [0.2, 0.25) is 5.91 Å². The Morgan fingerprint density at radius 1 is 1.07 bits per heavy atom. The van der Waals surface area contributed by atoms with E-state index in [1.54, 1.807) is 11.1 Å². The number of rotatable bonds is 10. The maximum absolute atomic E-state index is 13.0. The Balaban J connectivity index is 1.53. The van der Waals surface area contributed by atoms with E-state index < -0.39 is 0 Å². The number of aromatic nitrogens is 2. The molecule has 0 spiro atoms. The maximum Gasteiger partial charge on any atom is 0.274 e. The van der Waals surface area contributed by atoms with Gasteiger partial charge in [0.1, 0.15) is 5.69 Å². The van der Waals surface area contributed by atoms with Gasteiger partial charge in [-0.15, -0.1) is 0 Å². The van der Waals surface area contributed by atoms with Crippen LogP contribution < -0.4 is 5.32 Å². The molecule has 0 aliphatic carbocycles. The molecular weight excluding hydrogens is 378 g/mol. The Labute approximate surface area is 178 Å². The molecule has 0 bridgehead atoms. The summed E-state index contributed by atoms with van der Waals surface area (Å²) < 4.78 is 0. The van der Waals surface area contributed by atoms with Gasteiger partial charge in [-0.2, -0.15) is 0 Å². The summed E-state index contributed by atoms with van der Waals surface area (Å²) in [6.07, 6.45) is 6.59. The van der Waals surface area contributed by atoms with Crippen molar-refractivity contribution in [2.24, 2.45) is 0 Å². The number of aryl methyl sites for hydroxylation is 1. The molecule has 0 radical (unpaired) electrons. The van der Waals surface area contributed by atoms with Crippen molar-refractivity contribution in [1.82, 2.24) is 25.1 Å². The molecule has 0 saturated carbocycles. The Bertz CT molecular complexity index is 804. The van der Waals surface area contributed by atoms with Crippen molar-refractivity contribution in [3.63, 3.8) is 0 Å². The fourth-order valence-corrected chi connectivity index (χ4v) is 3.57. The quantitative estimate of drug-likeness (QED) is 0.650. The van der Waals surface area contributed by atoms with Crippen LogP contribution in [-0.4, -0.2) is 70.9 Å². The molecule has 30 heavy (non-hydrogen) atoms. The predicted octanol–water partition coefficient (Wildman–Crippen LogP) is 2.07. The summed E-state index contributed by atoms with van der Waals surface area (Å²) in [7, 11) is 0.